The van der Waals surface area contributed by atoms with Gasteiger partial charge >= 0.3 is 0 Å². The smallest absolute Gasteiger partial charge is 0.240 e. The second-order valence-corrected chi connectivity index (χ2v) is 8.41. The number of sulfonamides is 1. The molecule has 1 N–H and O–H groups in total. The standard InChI is InChI=1S/C20H24FN3O4S/c1-28-16-6-8-17(9-7-16)29(26,27)22-11-10-20(25)24-14-12-23(13-15-24)19-5-3-2-4-18(19)21/h2-9,22H,10-15H2,1H3. The molecule has 2 aromatic rings. The summed E-state index contributed by atoms with van der Waals surface area (Å²) in [4.78, 5) is 16.1. The summed E-state index contributed by atoms with van der Waals surface area (Å²) < 4.78 is 46.0. The average Bonchev–Trinajstić information content (AvgIpc) is 2.74. The van der Waals surface area contributed by atoms with Crippen molar-refractivity contribution in [1.82, 2.24) is 9.62 Å². The molecule has 7 nitrogen and oxygen atoms in total. The van der Waals surface area contributed by atoms with Crippen LogP contribution in [0.5, 0.6) is 5.75 Å². The van der Waals surface area contributed by atoms with E-state index in [1.807, 2.05) is 4.90 Å². The Balaban J connectivity index is 1.47. The maximum absolute atomic E-state index is 13.9. The maximum Gasteiger partial charge on any atom is 0.240 e. The van der Waals surface area contributed by atoms with E-state index < -0.39 is 10.0 Å². The van der Waals surface area contributed by atoms with Crippen LogP contribution in [0.2, 0.25) is 0 Å². The predicted octanol–water partition coefficient (Wildman–Crippen LogP) is 1.85. The summed E-state index contributed by atoms with van der Waals surface area (Å²) in [6.45, 7) is 2.02. The van der Waals surface area contributed by atoms with Crippen molar-refractivity contribution in [2.24, 2.45) is 0 Å². The quantitative estimate of drug-likeness (QED) is 0.738. The third-order valence-corrected chi connectivity index (χ3v) is 6.30. The zero-order chi connectivity index (χ0) is 20.9. The Bertz CT molecular complexity index is 942. The molecular formula is C20H24FN3O4S. The molecule has 0 aromatic heterocycles. The summed E-state index contributed by atoms with van der Waals surface area (Å²) in [5.41, 5.74) is 0.534. The van der Waals surface area contributed by atoms with Crippen LogP contribution in [0.1, 0.15) is 6.42 Å². The van der Waals surface area contributed by atoms with Gasteiger partial charge in [0.1, 0.15) is 11.6 Å². The lowest BCUT2D eigenvalue weighted by Crippen LogP contribution is -2.49. The number of carbonyl (C=O) groups is 1. The molecule has 1 fully saturated rings. The Hall–Kier alpha value is -2.65. The third kappa shape index (κ3) is 5.24. The normalized spacial score (nSPS) is 14.7. The fraction of sp³-hybridized carbons (Fsp3) is 0.350. The van der Waals surface area contributed by atoms with E-state index in [1.165, 1.54) is 25.3 Å². The molecule has 1 saturated heterocycles. The van der Waals surface area contributed by atoms with Gasteiger partial charge in [0.25, 0.3) is 0 Å². The monoisotopic (exact) mass is 421 g/mol. The predicted molar refractivity (Wildman–Crippen MR) is 108 cm³/mol. The molecule has 0 unspecified atom stereocenters. The fourth-order valence-corrected chi connectivity index (χ4v) is 4.23. The number of para-hydroxylation sites is 1. The lowest BCUT2D eigenvalue weighted by atomic mass is 10.2. The van der Waals surface area contributed by atoms with Gasteiger partial charge in [0.05, 0.1) is 17.7 Å². The molecule has 0 spiro atoms. The summed E-state index contributed by atoms with van der Waals surface area (Å²) in [7, 11) is -2.18. The Morgan fingerprint density at radius 3 is 2.34 bits per heavy atom. The van der Waals surface area contributed by atoms with Gasteiger partial charge in [-0.3, -0.25) is 4.79 Å². The van der Waals surface area contributed by atoms with Gasteiger partial charge in [-0.25, -0.2) is 17.5 Å². The van der Waals surface area contributed by atoms with Crippen LogP contribution in [-0.4, -0.2) is 59.1 Å². The number of methoxy groups -OCH3 is 1. The van der Waals surface area contributed by atoms with E-state index in [0.717, 1.165) is 0 Å². The molecular weight excluding hydrogens is 397 g/mol. The van der Waals surface area contributed by atoms with Crippen LogP contribution < -0.4 is 14.4 Å². The minimum atomic E-state index is -3.69. The first-order valence-corrected chi connectivity index (χ1v) is 10.8. The van der Waals surface area contributed by atoms with E-state index >= 15 is 0 Å². The van der Waals surface area contributed by atoms with Crippen LogP contribution in [0.25, 0.3) is 0 Å². The summed E-state index contributed by atoms with van der Waals surface area (Å²) in [5, 5.41) is 0. The molecule has 29 heavy (non-hydrogen) atoms. The molecule has 1 aliphatic heterocycles. The van der Waals surface area contributed by atoms with Crippen molar-refractivity contribution in [2.45, 2.75) is 11.3 Å². The molecule has 0 atom stereocenters. The lowest BCUT2D eigenvalue weighted by Gasteiger charge is -2.36. The van der Waals surface area contributed by atoms with Crippen LogP contribution in [0.3, 0.4) is 0 Å². The Morgan fingerprint density at radius 2 is 1.72 bits per heavy atom. The van der Waals surface area contributed by atoms with Crippen LogP contribution in [0, 0.1) is 5.82 Å². The van der Waals surface area contributed by atoms with Gasteiger partial charge in [0.15, 0.2) is 0 Å². The Labute approximate surface area is 170 Å². The Morgan fingerprint density at radius 1 is 1.07 bits per heavy atom. The van der Waals surface area contributed by atoms with Crippen LogP contribution in [0.4, 0.5) is 10.1 Å². The minimum absolute atomic E-state index is 0.0146. The van der Waals surface area contributed by atoms with Gasteiger partial charge in [-0.1, -0.05) is 12.1 Å². The van der Waals surface area contributed by atoms with Crippen molar-refractivity contribution in [3.63, 3.8) is 0 Å². The number of nitrogens with one attached hydrogen (secondary N) is 1. The van der Waals surface area contributed by atoms with Gasteiger partial charge in [0, 0.05) is 39.1 Å². The SMILES string of the molecule is COc1ccc(S(=O)(=O)NCCC(=O)N2CCN(c3ccccc3F)CC2)cc1. The van der Waals surface area contributed by atoms with Crippen LogP contribution in [0.15, 0.2) is 53.4 Å². The summed E-state index contributed by atoms with van der Waals surface area (Å²) in [6.07, 6.45) is 0.0646. The molecule has 1 aliphatic rings. The van der Waals surface area contributed by atoms with E-state index in [9.17, 15) is 17.6 Å². The van der Waals surface area contributed by atoms with Crippen molar-refractivity contribution in [3.8, 4) is 5.75 Å². The summed E-state index contributed by atoms with van der Waals surface area (Å²) in [6, 6.07) is 12.6. The average molecular weight is 421 g/mol. The molecule has 2 aromatic carbocycles. The summed E-state index contributed by atoms with van der Waals surface area (Å²) >= 11 is 0. The van der Waals surface area contributed by atoms with E-state index in [4.69, 9.17) is 4.74 Å². The topological polar surface area (TPSA) is 78.9 Å². The van der Waals surface area contributed by atoms with Gasteiger partial charge < -0.3 is 14.5 Å². The zero-order valence-electron chi connectivity index (χ0n) is 16.2. The number of hydrogen-bond acceptors (Lipinski definition) is 5. The molecule has 0 bridgehead atoms. The number of carbonyl (C=O) groups excluding carboxylic acids is 1. The first-order valence-electron chi connectivity index (χ1n) is 9.32. The maximum atomic E-state index is 13.9. The highest BCUT2D eigenvalue weighted by molar-refractivity contribution is 7.89. The van der Waals surface area contributed by atoms with Crippen LogP contribution >= 0.6 is 0 Å². The highest BCUT2D eigenvalue weighted by Gasteiger charge is 2.23. The highest BCUT2D eigenvalue weighted by Crippen LogP contribution is 2.20. The van der Waals surface area contributed by atoms with Crippen molar-refractivity contribution in [1.29, 1.82) is 0 Å². The number of hydrogen-bond donors (Lipinski definition) is 1. The number of nitrogens with zero attached hydrogens (tertiary/aromatic N) is 2. The molecule has 9 heteroatoms. The molecule has 0 radical (unpaired) electrons. The second-order valence-electron chi connectivity index (χ2n) is 6.64. The van der Waals surface area contributed by atoms with Gasteiger partial charge in [-0.05, 0) is 36.4 Å². The first kappa shape index (κ1) is 21.1. The fourth-order valence-electron chi connectivity index (χ4n) is 3.19. The van der Waals surface area contributed by atoms with Crippen molar-refractivity contribution < 1.29 is 22.3 Å². The van der Waals surface area contributed by atoms with Crippen molar-refractivity contribution in [3.05, 3.63) is 54.3 Å². The molecule has 0 saturated carbocycles. The molecule has 0 aliphatic carbocycles. The molecule has 1 amide bonds. The number of halogens is 1. The number of amides is 1. The molecule has 156 valence electrons. The van der Waals surface area contributed by atoms with Gasteiger partial charge in [0.2, 0.25) is 15.9 Å². The van der Waals surface area contributed by atoms with E-state index in [1.54, 1.807) is 35.2 Å². The lowest BCUT2D eigenvalue weighted by molar-refractivity contribution is -0.131. The number of ether oxygens (including phenoxy) is 1. The third-order valence-electron chi connectivity index (χ3n) is 4.83. The van der Waals surface area contributed by atoms with Crippen molar-refractivity contribution >= 4 is 21.6 Å². The Kier molecular flexibility index (Phi) is 6.71. The minimum Gasteiger partial charge on any atom is -0.497 e. The molecule has 3 rings (SSSR count). The number of anilines is 1. The van der Waals surface area contributed by atoms with Crippen LogP contribution in [-0.2, 0) is 14.8 Å². The van der Waals surface area contributed by atoms with Gasteiger partial charge in [-0.15, -0.1) is 0 Å². The largest absolute Gasteiger partial charge is 0.497 e. The van der Waals surface area contributed by atoms with E-state index in [0.29, 0.717) is 37.6 Å². The number of piperazine rings is 1. The highest BCUT2D eigenvalue weighted by atomic mass is 32.2. The van der Waals surface area contributed by atoms with Crippen molar-refractivity contribution in [2.75, 3.05) is 44.7 Å². The van der Waals surface area contributed by atoms with E-state index in [-0.39, 0.29) is 29.6 Å². The number of rotatable bonds is 7. The number of benzene rings is 2. The van der Waals surface area contributed by atoms with E-state index in [2.05, 4.69) is 4.72 Å². The van der Waals surface area contributed by atoms with Gasteiger partial charge in [-0.2, -0.15) is 0 Å². The zero-order valence-corrected chi connectivity index (χ0v) is 17.0. The summed E-state index contributed by atoms with van der Waals surface area (Å²) in [5.74, 6) is 0.157. The second kappa shape index (κ2) is 9.23. The first-order chi connectivity index (χ1) is 13.9. The molecule has 1 heterocycles.